The molecule has 100 valence electrons. The normalized spacial score (nSPS) is 26.5. The SMILES string of the molecule is CC1(C)Cc2cc([NH+]=O)c([C@@H]3C[C@H]3C(=O)Cl)cc2O1. The highest BCUT2D eigenvalue weighted by Crippen LogP contribution is 2.52. The van der Waals surface area contributed by atoms with E-state index in [1.165, 1.54) is 0 Å². The number of hydrogen-bond donors (Lipinski definition) is 1. The van der Waals surface area contributed by atoms with Crippen LogP contribution in [0.1, 0.15) is 37.3 Å². The van der Waals surface area contributed by atoms with Gasteiger partial charge in [0.25, 0.3) is 5.69 Å². The molecular weight excluding hydrogens is 266 g/mol. The van der Waals surface area contributed by atoms with Crippen LogP contribution in [0.5, 0.6) is 5.75 Å². The molecule has 1 heterocycles. The van der Waals surface area contributed by atoms with E-state index in [4.69, 9.17) is 16.3 Å². The Hall–Kier alpha value is -1.42. The number of fused-ring (bicyclic) bond motifs is 1. The molecule has 1 N–H and O–H groups in total. The Morgan fingerprint density at radius 1 is 1.47 bits per heavy atom. The summed E-state index contributed by atoms with van der Waals surface area (Å²) in [4.78, 5) is 22.3. The fraction of sp³-hybridized carbons (Fsp3) is 0.500. The van der Waals surface area contributed by atoms with Crippen molar-refractivity contribution in [3.63, 3.8) is 0 Å². The van der Waals surface area contributed by atoms with Crippen molar-refractivity contribution in [1.82, 2.24) is 0 Å². The van der Waals surface area contributed by atoms with Gasteiger partial charge in [-0.25, -0.2) is 0 Å². The lowest BCUT2D eigenvalue weighted by atomic mass is 9.98. The van der Waals surface area contributed by atoms with Crippen LogP contribution in [-0.2, 0) is 11.2 Å². The molecule has 0 amide bonds. The number of carbonyl (C=O) groups is 1. The maximum absolute atomic E-state index is 11.2. The summed E-state index contributed by atoms with van der Waals surface area (Å²) in [5, 5.41) is 1.64. The minimum atomic E-state index is -0.330. The molecule has 0 spiro atoms. The van der Waals surface area contributed by atoms with Gasteiger partial charge in [0.15, 0.2) is 0 Å². The minimum Gasteiger partial charge on any atom is -0.487 e. The zero-order valence-electron chi connectivity index (χ0n) is 10.8. The first-order chi connectivity index (χ1) is 8.91. The van der Waals surface area contributed by atoms with Gasteiger partial charge in [0.2, 0.25) is 5.24 Å². The third kappa shape index (κ3) is 2.14. The fourth-order valence-electron chi connectivity index (χ4n) is 2.85. The standard InChI is InChI=1S/C14H14ClNO3/c1-14(2)6-7-3-11(16-18)9(5-12(7)19-14)8-4-10(8)13(15)17/h3,5,8,10H,4,6H2,1-2H3/p+1/t8-,10+/m0/s1. The number of ether oxygens (including phenoxy) is 1. The van der Waals surface area contributed by atoms with Gasteiger partial charge in [0.1, 0.15) is 11.4 Å². The Morgan fingerprint density at radius 2 is 2.21 bits per heavy atom. The minimum absolute atomic E-state index is 0.0408. The van der Waals surface area contributed by atoms with E-state index in [2.05, 4.69) is 0 Å². The molecule has 4 nitrogen and oxygen atoms in total. The molecule has 19 heavy (non-hydrogen) atoms. The number of carbonyl (C=O) groups excluding carboxylic acids is 1. The summed E-state index contributed by atoms with van der Waals surface area (Å²) in [6.45, 7) is 4.03. The molecule has 0 bridgehead atoms. The van der Waals surface area contributed by atoms with E-state index < -0.39 is 0 Å². The summed E-state index contributed by atoms with van der Waals surface area (Å²) in [5.74, 6) is 0.687. The molecule has 2 atom stereocenters. The highest BCUT2D eigenvalue weighted by molar-refractivity contribution is 6.64. The highest BCUT2D eigenvalue weighted by atomic mass is 35.5. The molecule has 0 saturated heterocycles. The predicted molar refractivity (Wildman–Crippen MR) is 70.6 cm³/mol. The van der Waals surface area contributed by atoms with E-state index in [1.54, 1.807) is 0 Å². The molecule has 3 rings (SSSR count). The van der Waals surface area contributed by atoms with E-state index in [1.807, 2.05) is 31.2 Å². The largest absolute Gasteiger partial charge is 0.487 e. The second kappa shape index (κ2) is 4.04. The fourth-order valence-corrected chi connectivity index (χ4v) is 3.09. The van der Waals surface area contributed by atoms with Gasteiger partial charge in [-0.2, -0.15) is 0 Å². The van der Waals surface area contributed by atoms with Crippen molar-refractivity contribution in [2.75, 3.05) is 0 Å². The van der Waals surface area contributed by atoms with Gasteiger partial charge in [0, 0.05) is 45.5 Å². The molecule has 1 saturated carbocycles. The molecule has 1 aliphatic carbocycles. The molecule has 1 aromatic carbocycles. The van der Waals surface area contributed by atoms with E-state index >= 15 is 0 Å². The summed E-state index contributed by atoms with van der Waals surface area (Å²) in [6, 6.07) is 3.72. The van der Waals surface area contributed by atoms with Gasteiger partial charge in [-0.3, -0.25) is 4.79 Å². The zero-order valence-corrected chi connectivity index (χ0v) is 11.6. The molecular formula is C14H15ClNO3+. The Balaban J connectivity index is 1.99. The number of nitroso groups, excluding NO2 is 1. The number of halogens is 1. The molecule has 1 fully saturated rings. The molecule has 2 aliphatic rings. The van der Waals surface area contributed by atoms with Gasteiger partial charge in [-0.05, 0) is 37.9 Å². The summed E-state index contributed by atoms with van der Waals surface area (Å²) < 4.78 is 5.86. The maximum Gasteiger partial charge on any atom is 0.257 e. The van der Waals surface area contributed by atoms with Crippen molar-refractivity contribution in [2.45, 2.75) is 38.2 Å². The number of benzene rings is 1. The van der Waals surface area contributed by atoms with Crippen molar-refractivity contribution in [3.8, 4) is 5.75 Å². The molecule has 0 unspecified atom stereocenters. The molecule has 0 aromatic heterocycles. The van der Waals surface area contributed by atoms with E-state index in [9.17, 15) is 9.70 Å². The maximum atomic E-state index is 11.2. The van der Waals surface area contributed by atoms with Crippen molar-refractivity contribution in [2.24, 2.45) is 5.92 Å². The first-order valence-corrected chi connectivity index (χ1v) is 6.72. The quantitative estimate of drug-likeness (QED) is 0.858. The molecule has 1 aromatic rings. The Morgan fingerprint density at radius 3 is 2.79 bits per heavy atom. The van der Waals surface area contributed by atoms with Crippen LogP contribution in [0.4, 0.5) is 5.69 Å². The average molecular weight is 281 g/mol. The van der Waals surface area contributed by atoms with Crippen LogP contribution in [0.25, 0.3) is 0 Å². The van der Waals surface area contributed by atoms with Gasteiger partial charge in [-0.15, -0.1) is 0 Å². The van der Waals surface area contributed by atoms with Crippen LogP contribution in [0.3, 0.4) is 0 Å². The van der Waals surface area contributed by atoms with Crippen molar-refractivity contribution < 1.29 is 14.7 Å². The van der Waals surface area contributed by atoms with Gasteiger partial charge < -0.3 is 4.74 Å². The Kier molecular flexibility index (Phi) is 2.68. The molecule has 5 heteroatoms. The predicted octanol–water partition coefficient (Wildman–Crippen LogP) is 1.75. The van der Waals surface area contributed by atoms with Crippen LogP contribution in [0.15, 0.2) is 12.1 Å². The van der Waals surface area contributed by atoms with E-state index in [0.29, 0.717) is 12.1 Å². The second-order valence-corrected chi connectivity index (χ2v) is 6.31. The first-order valence-electron chi connectivity index (χ1n) is 6.34. The molecule has 0 radical (unpaired) electrons. The van der Waals surface area contributed by atoms with Crippen LogP contribution < -0.4 is 9.91 Å². The third-order valence-electron chi connectivity index (χ3n) is 3.83. The summed E-state index contributed by atoms with van der Waals surface area (Å²) in [6.07, 6.45) is 1.49. The second-order valence-electron chi connectivity index (χ2n) is 5.94. The van der Waals surface area contributed by atoms with Gasteiger partial charge >= 0.3 is 0 Å². The average Bonchev–Trinajstić information content (AvgIpc) is 3.04. The van der Waals surface area contributed by atoms with Crippen molar-refractivity contribution in [3.05, 3.63) is 28.2 Å². The first kappa shape index (κ1) is 12.6. The number of nitrogens with one attached hydrogen (secondary N) is 1. The summed E-state index contributed by atoms with van der Waals surface area (Å²) >= 11 is 5.51. The number of rotatable bonds is 3. The van der Waals surface area contributed by atoms with Crippen LogP contribution in [0, 0.1) is 10.8 Å². The Bertz CT molecular complexity index is 582. The smallest absolute Gasteiger partial charge is 0.257 e. The van der Waals surface area contributed by atoms with Crippen LogP contribution in [0.2, 0.25) is 0 Å². The van der Waals surface area contributed by atoms with E-state index in [-0.39, 0.29) is 22.7 Å². The third-order valence-corrected chi connectivity index (χ3v) is 4.11. The van der Waals surface area contributed by atoms with Crippen molar-refractivity contribution >= 4 is 22.5 Å². The van der Waals surface area contributed by atoms with Crippen LogP contribution in [-0.4, -0.2) is 10.8 Å². The topological polar surface area (TPSA) is 57.3 Å². The molecule has 1 aliphatic heterocycles. The van der Waals surface area contributed by atoms with Crippen molar-refractivity contribution in [1.29, 1.82) is 0 Å². The lowest BCUT2D eigenvalue weighted by Gasteiger charge is -2.16. The summed E-state index contributed by atoms with van der Waals surface area (Å²) in [5.41, 5.74) is 2.16. The van der Waals surface area contributed by atoms with Gasteiger partial charge in [0.05, 0.1) is 0 Å². The van der Waals surface area contributed by atoms with Crippen LogP contribution >= 0.6 is 11.6 Å². The number of hydrogen-bond acceptors (Lipinski definition) is 3. The lowest BCUT2D eigenvalue weighted by molar-refractivity contribution is -0.380. The monoisotopic (exact) mass is 280 g/mol. The van der Waals surface area contributed by atoms with Gasteiger partial charge in [-0.1, -0.05) is 0 Å². The Labute approximate surface area is 116 Å². The van der Waals surface area contributed by atoms with E-state index in [0.717, 1.165) is 23.3 Å². The lowest BCUT2D eigenvalue weighted by Crippen LogP contribution is -2.56. The zero-order chi connectivity index (χ0) is 13.8. The highest BCUT2D eigenvalue weighted by Gasteiger charge is 2.46. The summed E-state index contributed by atoms with van der Waals surface area (Å²) in [7, 11) is 0.